The molecule has 1 N–H and O–H groups in total. The summed E-state index contributed by atoms with van der Waals surface area (Å²) in [5.41, 5.74) is 6.53. The van der Waals surface area contributed by atoms with Gasteiger partial charge in [-0.25, -0.2) is 0 Å². The van der Waals surface area contributed by atoms with Gasteiger partial charge in [-0.15, -0.1) is 0 Å². The van der Waals surface area contributed by atoms with E-state index in [1.807, 2.05) is 57.2 Å². The molecule has 2 aliphatic rings. The van der Waals surface area contributed by atoms with Gasteiger partial charge in [0.25, 0.3) is 5.91 Å². The van der Waals surface area contributed by atoms with Gasteiger partial charge < -0.3 is 4.74 Å². The standard InChI is InChI=1S/C23H24N4O3S/c1-14-8-9-17(12-15(14)2)20(28)16(3)31-23-25-24-21-22(29)26(10-11-27(21)23)18-6-5-7-19(13-18)30-4/h5-13,16,21,24H,1-4H3. The third-order valence-electron chi connectivity index (χ3n) is 5.40. The van der Waals surface area contributed by atoms with E-state index in [0.717, 1.165) is 11.1 Å². The lowest BCUT2D eigenvalue weighted by atomic mass is 10.0. The summed E-state index contributed by atoms with van der Waals surface area (Å²) in [4.78, 5) is 29.3. The van der Waals surface area contributed by atoms with Crippen molar-refractivity contribution < 1.29 is 14.3 Å². The van der Waals surface area contributed by atoms with Gasteiger partial charge in [0.05, 0.1) is 18.0 Å². The van der Waals surface area contributed by atoms with Crippen LogP contribution in [0.3, 0.4) is 0 Å². The van der Waals surface area contributed by atoms with Crippen LogP contribution in [0.1, 0.15) is 28.4 Å². The lowest BCUT2D eigenvalue weighted by Crippen LogP contribution is -2.52. The predicted octanol–water partition coefficient (Wildman–Crippen LogP) is 3.64. The Kier molecular flexibility index (Phi) is 5.73. The second kappa shape index (κ2) is 8.47. The van der Waals surface area contributed by atoms with E-state index in [2.05, 4.69) is 10.5 Å². The molecule has 2 heterocycles. The Bertz CT molecular complexity index is 1100. The summed E-state index contributed by atoms with van der Waals surface area (Å²) < 4.78 is 5.26. The largest absolute Gasteiger partial charge is 0.497 e. The van der Waals surface area contributed by atoms with Gasteiger partial charge in [-0.2, -0.15) is 5.10 Å². The fourth-order valence-electron chi connectivity index (χ4n) is 3.42. The van der Waals surface area contributed by atoms with Crippen LogP contribution in [-0.2, 0) is 4.79 Å². The average Bonchev–Trinajstić information content (AvgIpc) is 3.19. The van der Waals surface area contributed by atoms with E-state index < -0.39 is 6.17 Å². The van der Waals surface area contributed by atoms with Gasteiger partial charge in [-0.05, 0) is 50.1 Å². The molecule has 0 fully saturated rings. The van der Waals surface area contributed by atoms with E-state index in [9.17, 15) is 9.59 Å². The topological polar surface area (TPSA) is 74.2 Å². The molecule has 1 amide bonds. The van der Waals surface area contributed by atoms with E-state index >= 15 is 0 Å². The molecule has 0 saturated heterocycles. The minimum Gasteiger partial charge on any atom is -0.497 e. The van der Waals surface area contributed by atoms with Gasteiger partial charge in [0.15, 0.2) is 11.0 Å². The fraction of sp³-hybridized carbons (Fsp3) is 0.261. The highest BCUT2D eigenvalue weighted by Crippen LogP contribution is 2.30. The van der Waals surface area contributed by atoms with E-state index in [0.29, 0.717) is 22.2 Å². The van der Waals surface area contributed by atoms with Crippen molar-refractivity contribution in [2.75, 3.05) is 12.0 Å². The van der Waals surface area contributed by atoms with Crippen LogP contribution in [0.5, 0.6) is 5.75 Å². The Hall–Kier alpha value is -3.26. The number of ketones is 1. The molecule has 31 heavy (non-hydrogen) atoms. The number of hydrogen-bond donors (Lipinski definition) is 1. The van der Waals surface area contributed by atoms with Crippen LogP contribution in [-0.4, -0.2) is 40.3 Å². The second-order valence-corrected chi connectivity index (χ2v) is 8.77. The number of fused-ring (bicyclic) bond motifs is 1. The number of ether oxygens (including phenoxy) is 1. The lowest BCUT2D eigenvalue weighted by Gasteiger charge is -2.32. The minimum absolute atomic E-state index is 0.0320. The molecule has 0 radical (unpaired) electrons. The Morgan fingerprint density at radius 1 is 1.16 bits per heavy atom. The van der Waals surface area contributed by atoms with Crippen molar-refractivity contribution in [1.82, 2.24) is 10.3 Å². The molecule has 2 aliphatic heterocycles. The quantitative estimate of drug-likeness (QED) is 0.722. The number of benzene rings is 2. The number of Topliss-reactive ketones (excluding diaryl/α,β-unsaturated/α-hetero) is 1. The molecule has 2 unspecified atom stereocenters. The number of thioether (sulfide) groups is 1. The lowest BCUT2D eigenvalue weighted by molar-refractivity contribution is -0.122. The van der Waals surface area contributed by atoms with Crippen LogP contribution in [0, 0.1) is 13.8 Å². The molecule has 0 bridgehead atoms. The highest BCUT2D eigenvalue weighted by atomic mass is 32.2. The molecule has 0 saturated carbocycles. The second-order valence-electron chi connectivity index (χ2n) is 7.46. The molecule has 2 aromatic rings. The third-order valence-corrected chi connectivity index (χ3v) is 6.48. The number of amides is 1. The number of hydrogen-bond acceptors (Lipinski definition) is 7. The maximum absolute atomic E-state index is 13.0. The summed E-state index contributed by atoms with van der Waals surface area (Å²) >= 11 is 1.33. The SMILES string of the molecule is COc1cccc(N2C=CN3C(SC(C)C(=O)c4ccc(C)c(C)c4)=NNC3C2=O)c1. The summed E-state index contributed by atoms with van der Waals surface area (Å²) in [5.74, 6) is 0.541. The summed E-state index contributed by atoms with van der Waals surface area (Å²) in [6, 6.07) is 13.0. The number of amidine groups is 1. The zero-order valence-electron chi connectivity index (χ0n) is 17.8. The summed E-state index contributed by atoms with van der Waals surface area (Å²) in [6.45, 7) is 5.88. The van der Waals surface area contributed by atoms with Gasteiger partial charge in [0.2, 0.25) is 6.17 Å². The molecular formula is C23H24N4O3S. The van der Waals surface area contributed by atoms with Crippen molar-refractivity contribution >= 4 is 34.3 Å². The van der Waals surface area contributed by atoms with Crippen LogP contribution >= 0.6 is 11.8 Å². The number of carbonyl (C=O) groups is 2. The van der Waals surface area contributed by atoms with Crippen molar-refractivity contribution in [3.8, 4) is 5.75 Å². The number of nitrogens with one attached hydrogen (secondary N) is 1. The Balaban J connectivity index is 1.48. The molecule has 160 valence electrons. The van der Waals surface area contributed by atoms with Gasteiger partial charge >= 0.3 is 0 Å². The summed E-state index contributed by atoms with van der Waals surface area (Å²) in [6.07, 6.45) is 2.85. The molecule has 0 aliphatic carbocycles. The Labute approximate surface area is 185 Å². The smallest absolute Gasteiger partial charge is 0.276 e. The fourth-order valence-corrected chi connectivity index (χ4v) is 4.37. The minimum atomic E-state index is -0.650. The molecular weight excluding hydrogens is 412 g/mol. The van der Waals surface area contributed by atoms with Crippen LogP contribution in [0.2, 0.25) is 0 Å². The zero-order chi connectivity index (χ0) is 22.1. The first kappa shape index (κ1) is 21.0. The molecule has 0 spiro atoms. The molecule has 2 aromatic carbocycles. The maximum atomic E-state index is 13.0. The highest BCUT2D eigenvalue weighted by Gasteiger charge is 2.39. The maximum Gasteiger partial charge on any atom is 0.276 e. The van der Waals surface area contributed by atoms with Gasteiger partial charge in [-0.3, -0.25) is 24.8 Å². The summed E-state index contributed by atoms with van der Waals surface area (Å²) in [7, 11) is 1.59. The van der Waals surface area contributed by atoms with E-state index in [-0.39, 0.29) is 16.9 Å². The number of nitrogens with zero attached hydrogens (tertiary/aromatic N) is 3. The first-order valence-electron chi connectivity index (χ1n) is 9.94. The molecule has 7 nitrogen and oxygen atoms in total. The van der Waals surface area contributed by atoms with Crippen molar-refractivity contribution in [3.63, 3.8) is 0 Å². The number of aryl methyl sites for hydroxylation is 2. The van der Waals surface area contributed by atoms with Crippen LogP contribution in [0.25, 0.3) is 0 Å². The predicted molar refractivity (Wildman–Crippen MR) is 123 cm³/mol. The van der Waals surface area contributed by atoms with Crippen molar-refractivity contribution in [2.24, 2.45) is 5.10 Å². The molecule has 8 heteroatoms. The summed E-state index contributed by atoms with van der Waals surface area (Å²) in [5, 5.41) is 4.56. The number of rotatable bonds is 5. The molecule has 0 aromatic heterocycles. The zero-order valence-corrected chi connectivity index (χ0v) is 18.6. The van der Waals surface area contributed by atoms with Gasteiger partial charge in [0.1, 0.15) is 5.75 Å². The highest BCUT2D eigenvalue weighted by molar-refractivity contribution is 8.14. The van der Waals surface area contributed by atoms with E-state index in [4.69, 9.17) is 4.74 Å². The Morgan fingerprint density at radius 3 is 2.71 bits per heavy atom. The van der Waals surface area contributed by atoms with Crippen LogP contribution < -0.4 is 15.1 Å². The number of methoxy groups -OCH3 is 1. The first-order chi connectivity index (χ1) is 14.9. The Morgan fingerprint density at radius 2 is 1.97 bits per heavy atom. The van der Waals surface area contributed by atoms with E-state index in [1.54, 1.807) is 35.4 Å². The third kappa shape index (κ3) is 4.03. The van der Waals surface area contributed by atoms with Crippen molar-refractivity contribution in [2.45, 2.75) is 32.2 Å². The number of anilines is 1. The van der Waals surface area contributed by atoms with E-state index in [1.165, 1.54) is 11.8 Å². The van der Waals surface area contributed by atoms with Crippen molar-refractivity contribution in [3.05, 3.63) is 71.6 Å². The molecule has 2 atom stereocenters. The number of hydrazone groups is 1. The van der Waals surface area contributed by atoms with Gasteiger partial charge in [0, 0.05) is 24.0 Å². The number of carbonyl (C=O) groups excluding carboxylic acids is 2. The average molecular weight is 437 g/mol. The first-order valence-corrected chi connectivity index (χ1v) is 10.8. The van der Waals surface area contributed by atoms with Gasteiger partial charge in [-0.1, -0.05) is 30.0 Å². The van der Waals surface area contributed by atoms with Crippen molar-refractivity contribution in [1.29, 1.82) is 0 Å². The van der Waals surface area contributed by atoms with Crippen LogP contribution in [0.15, 0.2) is 60.0 Å². The van der Waals surface area contributed by atoms with Crippen LogP contribution in [0.4, 0.5) is 5.69 Å². The normalized spacial score (nSPS) is 18.4. The monoisotopic (exact) mass is 436 g/mol. The molecule has 4 rings (SSSR count).